The molecule has 2 rings (SSSR count). The highest BCUT2D eigenvalue weighted by atomic mass is 16.5. The molecule has 1 unspecified atom stereocenters. The third kappa shape index (κ3) is 9.20. The zero-order chi connectivity index (χ0) is 26.5. The molecule has 10 heteroatoms. The number of guanidine groups is 1. The fourth-order valence-corrected chi connectivity index (χ4v) is 3.69. The number of nitrogens with two attached hydrogens (primary N) is 1. The molecule has 0 saturated heterocycles. The molecule has 196 valence electrons. The van der Waals surface area contributed by atoms with Crippen LogP contribution in [-0.2, 0) is 22.4 Å². The van der Waals surface area contributed by atoms with Gasteiger partial charge in [-0.15, -0.1) is 0 Å². The van der Waals surface area contributed by atoms with Crippen molar-refractivity contribution in [3.8, 4) is 11.5 Å². The van der Waals surface area contributed by atoms with Crippen molar-refractivity contribution in [2.45, 2.75) is 45.2 Å². The van der Waals surface area contributed by atoms with Gasteiger partial charge in [0, 0.05) is 6.42 Å². The van der Waals surface area contributed by atoms with Crippen LogP contribution in [-0.4, -0.2) is 55.8 Å². The largest absolute Gasteiger partial charge is 0.493 e. The Kier molecular flexibility index (Phi) is 11.7. The Bertz CT molecular complexity index is 1010. The number of ether oxygens (including phenoxy) is 2. The predicted octanol–water partition coefficient (Wildman–Crippen LogP) is 1.32. The number of benzene rings is 2. The van der Waals surface area contributed by atoms with E-state index in [-0.39, 0.29) is 43.1 Å². The van der Waals surface area contributed by atoms with Crippen molar-refractivity contribution >= 4 is 17.8 Å². The van der Waals surface area contributed by atoms with Crippen molar-refractivity contribution in [3.05, 3.63) is 59.7 Å². The Morgan fingerprint density at radius 2 is 1.72 bits per heavy atom. The van der Waals surface area contributed by atoms with Crippen molar-refractivity contribution in [3.63, 3.8) is 0 Å². The lowest BCUT2D eigenvalue weighted by molar-refractivity contribution is -0.123. The summed E-state index contributed by atoms with van der Waals surface area (Å²) in [4.78, 5) is 30.2. The summed E-state index contributed by atoms with van der Waals surface area (Å²) < 4.78 is 10.5. The van der Waals surface area contributed by atoms with Gasteiger partial charge in [0.15, 0.2) is 11.5 Å². The monoisotopic (exact) mass is 499 g/mol. The molecule has 6 N–H and O–H groups in total. The lowest BCUT2D eigenvalue weighted by Crippen LogP contribution is -2.48. The maximum Gasteiger partial charge on any atom is 0.245 e. The number of hydrogen-bond acceptors (Lipinski definition) is 7. The molecular weight excluding hydrogens is 462 g/mol. The van der Waals surface area contributed by atoms with Crippen LogP contribution in [0.5, 0.6) is 11.5 Å². The number of aliphatic hydroxyl groups excluding tert-OH is 1. The number of carbonyl (C=O) groups is 2. The van der Waals surface area contributed by atoms with E-state index in [1.807, 2.05) is 44.2 Å². The Labute approximate surface area is 212 Å². The highest BCUT2D eigenvalue weighted by Gasteiger charge is 2.23. The predicted molar refractivity (Wildman–Crippen MR) is 139 cm³/mol. The summed E-state index contributed by atoms with van der Waals surface area (Å²) in [6.45, 7) is 3.84. The lowest BCUT2D eigenvalue weighted by atomic mass is 10.0. The molecule has 0 saturated carbocycles. The molecule has 2 atom stereocenters. The maximum absolute atomic E-state index is 13.1. The number of hydrogen-bond donors (Lipinski definition) is 5. The summed E-state index contributed by atoms with van der Waals surface area (Å²) in [6, 6.07) is 13.3. The lowest BCUT2D eigenvalue weighted by Gasteiger charge is -2.22. The van der Waals surface area contributed by atoms with Gasteiger partial charge in [-0.25, -0.2) is 10.8 Å². The number of aliphatic hydroxyl groups is 1. The molecule has 0 spiro atoms. The molecule has 2 amide bonds. The first-order valence-electron chi connectivity index (χ1n) is 11.8. The van der Waals surface area contributed by atoms with Crippen molar-refractivity contribution in [2.24, 2.45) is 16.8 Å². The number of amides is 2. The first-order chi connectivity index (χ1) is 17.3. The average Bonchev–Trinajstić information content (AvgIpc) is 2.87. The van der Waals surface area contributed by atoms with Gasteiger partial charge in [0.25, 0.3) is 0 Å². The van der Waals surface area contributed by atoms with E-state index in [4.69, 9.17) is 15.3 Å². The summed E-state index contributed by atoms with van der Waals surface area (Å²) in [5.74, 6) is 6.18. The minimum atomic E-state index is -0.888. The highest BCUT2D eigenvalue weighted by molar-refractivity contribution is 5.98. The van der Waals surface area contributed by atoms with Crippen molar-refractivity contribution in [1.29, 1.82) is 0 Å². The zero-order valence-corrected chi connectivity index (χ0v) is 21.3. The fourth-order valence-electron chi connectivity index (χ4n) is 3.69. The summed E-state index contributed by atoms with van der Waals surface area (Å²) in [5, 5.41) is 15.2. The van der Waals surface area contributed by atoms with E-state index in [0.29, 0.717) is 23.5 Å². The van der Waals surface area contributed by atoms with E-state index in [1.54, 1.807) is 18.2 Å². The quantitative estimate of drug-likeness (QED) is 0.128. The Morgan fingerprint density at radius 3 is 2.31 bits per heavy atom. The number of nitrogens with zero attached hydrogens (tertiary/aromatic N) is 1. The van der Waals surface area contributed by atoms with E-state index in [2.05, 4.69) is 21.1 Å². The summed E-state index contributed by atoms with van der Waals surface area (Å²) in [5.41, 5.74) is 3.96. The minimum Gasteiger partial charge on any atom is -0.493 e. The Balaban J connectivity index is 2.19. The van der Waals surface area contributed by atoms with E-state index in [1.165, 1.54) is 14.2 Å². The second-order valence-corrected chi connectivity index (χ2v) is 8.76. The topological polar surface area (TPSA) is 147 Å². The third-order valence-corrected chi connectivity index (χ3v) is 5.39. The molecule has 0 aliphatic carbocycles. The molecule has 0 aromatic heterocycles. The van der Waals surface area contributed by atoms with Gasteiger partial charge in [0.05, 0.1) is 33.3 Å². The molecule has 0 heterocycles. The van der Waals surface area contributed by atoms with Crippen LogP contribution in [0.15, 0.2) is 53.5 Å². The summed E-state index contributed by atoms with van der Waals surface area (Å²) in [6.07, 6.45) is 0.925. The van der Waals surface area contributed by atoms with E-state index in [0.717, 1.165) is 5.56 Å². The number of rotatable bonds is 12. The molecule has 0 radical (unpaired) electrons. The van der Waals surface area contributed by atoms with E-state index < -0.39 is 12.1 Å². The average molecular weight is 500 g/mol. The number of nitrogens with one attached hydrogen (secondary N) is 3. The third-order valence-electron chi connectivity index (χ3n) is 5.39. The van der Waals surface area contributed by atoms with Gasteiger partial charge in [-0.3, -0.25) is 20.3 Å². The SMILES string of the molecule is COc1ccc(CC(=O)NC(=N[C@H](Cc2ccccc2)C(=O)NC(CO)CC(C)C)NN)cc1OC. The molecule has 0 aliphatic heterocycles. The van der Waals surface area contributed by atoms with Crippen LogP contribution in [0.3, 0.4) is 0 Å². The van der Waals surface area contributed by atoms with Gasteiger partial charge in [0.2, 0.25) is 17.8 Å². The fraction of sp³-hybridized carbons (Fsp3) is 0.423. The molecule has 2 aromatic rings. The van der Waals surface area contributed by atoms with Crippen LogP contribution in [0, 0.1) is 5.92 Å². The minimum absolute atomic E-state index is 0.0254. The van der Waals surface area contributed by atoms with Gasteiger partial charge < -0.3 is 19.9 Å². The van der Waals surface area contributed by atoms with E-state index in [9.17, 15) is 14.7 Å². The second kappa shape index (κ2) is 14.7. The first kappa shape index (κ1) is 28.6. The van der Waals surface area contributed by atoms with Gasteiger partial charge in [-0.05, 0) is 35.6 Å². The molecule has 0 aliphatic rings. The van der Waals surface area contributed by atoms with E-state index >= 15 is 0 Å². The van der Waals surface area contributed by atoms with Crippen LogP contribution in [0.4, 0.5) is 0 Å². The molecule has 36 heavy (non-hydrogen) atoms. The number of hydrazine groups is 1. The van der Waals surface area contributed by atoms with Crippen LogP contribution in [0.25, 0.3) is 0 Å². The van der Waals surface area contributed by atoms with Gasteiger partial charge >= 0.3 is 0 Å². The second-order valence-electron chi connectivity index (χ2n) is 8.76. The Hall–Kier alpha value is -3.63. The summed E-state index contributed by atoms with van der Waals surface area (Å²) >= 11 is 0. The van der Waals surface area contributed by atoms with Crippen LogP contribution >= 0.6 is 0 Å². The maximum atomic E-state index is 13.1. The molecule has 0 fully saturated rings. The summed E-state index contributed by atoms with van der Waals surface area (Å²) in [7, 11) is 3.05. The Morgan fingerprint density at radius 1 is 1.03 bits per heavy atom. The number of methoxy groups -OCH3 is 2. The van der Waals surface area contributed by atoms with Crippen molar-refractivity contribution < 1.29 is 24.2 Å². The molecule has 0 bridgehead atoms. The van der Waals surface area contributed by atoms with Crippen molar-refractivity contribution in [1.82, 2.24) is 16.1 Å². The van der Waals surface area contributed by atoms with Crippen LogP contribution in [0.1, 0.15) is 31.4 Å². The number of aliphatic imine (C=N–C) groups is 1. The number of carbonyl (C=O) groups excluding carboxylic acids is 2. The zero-order valence-electron chi connectivity index (χ0n) is 21.3. The normalized spacial score (nSPS) is 13.0. The standard InChI is InChI=1S/C26H37N5O5/c1-17(2)12-20(16-32)28-25(34)21(13-18-8-6-5-7-9-18)29-26(31-27)30-24(33)15-19-10-11-22(35-3)23(14-19)36-4/h5-11,14,17,20-21,32H,12-13,15-16,27H2,1-4H3,(H,28,34)(H2,29,30,31,33)/t20?,21-/m1/s1. The van der Waals surface area contributed by atoms with Crippen LogP contribution < -0.4 is 31.4 Å². The first-order valence-corrected chi connectivity index (χ1v) is 11.8. The van der Waals surface area contributed by atoms with Crippen molar-refractivity contribution in [2.75, 3.05) is 20.8 Å². The van der Waals surface area contributed by atoms with Gasteiger partial charge in [-0.2, -0.15) is 0 Å². The van der Waals surface area contributed by atoms with Crippen LogP contribution in [0.2, 0.25) is 0 Å². The molecule has 10 nitrogen and oxygen atoms in total. The molecular formula is C26H37N5O5. The smallest absolute Gasteiger partial charge is 0.245 e. The highest BCUT2D eigenvalue weighted by Crippen LogP contribution is 2.27. The van der Waals surface area contributed by atoms with Gasteiger partial charge in [-0.1, -0.05) is 50.2 Å². The molecule has 2 aromatic carbocycles. The van der Waals surface area contributed by atoms with Gasteiger partial charge in [0.1, 0.15) is 6.04 Å².